The highest BCUT2D eigenvalue weighted by molar-refractivity contribution is 5.75. The number of carboxylic acids is 1. The Kier molecular flexibility index (Phi) is 5.03. The predicted octanol–water partition coefficient (Wildman–Crippen LogP) is -0.272. The van der Waals surface area contributed by atoms with Crippen LogP contribution < -0.4 is 10.1 Å². The fourth-order valence-corrected chi connectivity index (χ4v) is 1.04. The highest BCUT2D eigenvalue weighted by Gasteiger charge is 2.08. The number of alkyl halides is 2. The highest BCUT2D eigenvalue weighted by atomic mass is 19.3. The van der Waals surface area contributed by atoms with Crippen molar-refractivity contribution in [3.8, 4) is 5.75 Å². The van der Waals surface area contributed by atoms with E-state index in [9.17, 15) is 18.4 Å². The SMILES string of the molecule is O=C(O)COc1cnn(CC(=O)NCC(F)F)c1. The normalized spacial score (nSPS) is 10.4. The van der Waals surface area contributed by atoms with Crippen molar-refractivity contribution in [3.63, 3.8) is 0 Å². The second-order valence-electron chi connectivity index (χ2n) is 3.25. The molecule has 1 heterocycles. The van der Waals surface area contributed by atoms with Gasteiger partial charge in [-0.2, -0.15) is 5.10 Å². The standard InChI is InChI=1S/C9H11F2N3O4/c10-7(11)2-12-8(15)4-14-3-6(1-13-14)18-5-9(16)17/h1,3,7H,2,4-5H2,(H,12,15)(H,16,17). The summed E-state index contributed by atoms with van der Waals surface area (Å²) in [4.78, 5) is 21.4. The Labute approximate surface area is 100 Å². The number of aliphatic carboxylic acids is 1. The zero-order valence-corrected chi connectivity index (χ0v) is 9.18. The molecule has 18 heavy (non-hydrogen) atoms. The van der Waals surface area contributed by atoms with Gasteiger partial charge in [0.2, 0.25) is 5.91 Å². The number of amides is 1. The molecule has 0 saturated heterocycles. The fourth-order valence-electron chi connectivity index (χ4n) is 1.04. The number of aromatic nitrogens is 2. The Balaban J connectivity index is 2.38. The van der Waals surface area contributed by atoms with E-state index in [2.05, 4.69) is 5.10 Å². The van der Waals surface area contributed by atoms with Gasteiger partial charge in [0.25, 0.3) is 6.43 Å². The van der Waals surface area contributed by atoms with Gasteiger partial charge in [-0.25, -0.2) is 13.6 Å². The zero-order valence-electron chi connectivity index (χ0n) is 9.18. The minimum absolute atomic E-state index is 0.180. The van der Waals surface area contributed by atoms with Crippen LogP contribution in [0.5, 0.6) is 5.75 Å². The van der Waals surface area contributed by atoms with Crippen LogP contribution in [0.25, 0.3) is 0 Å². The largest absolute Gasteiger partial charge is 0.479 e. The Morgan fingerprint density at radius 2 is 2.28 bits per heavy atom. The molecule has 0 radical (unpaired) electrons. The molecule has 7 nitrogen and oxygen atoms in total. The lowest BCUT2D eigenvalue weighted by molar-refractivity contribution is -0.139. The van der Waals surface area contributed by atoms with Crippen molar-refractivity contribution in [1.29, 1.82) is 0 Å². The van der Waals surface area contributed by atoms with E-state index < -0.39 is 31.5 Å². The molecule has 0 fully saturated rings. The first-order valence-corrected chi connectivity index (χ1v) is 4.89. The third-order valence-electron chi connectivity index (χ3n) is 1.73. The number of nitrogens with one attached hydrogen (secondary N) is 1. The predicted molar refractivity (Wildman–Crippen MR) is 54.4 cm³/mol. The Morgan fingerprint density at radius 3 is 2.89 bits per heavy atom. The van der Waals surface area contributed by atoms with Crippen molar-refractivity contribution in [3.05, 3.63) is 12.4 Å². The van der Waals surface area contributed by atoms with E-state index in [1.54, 1.807) is 0 Å². The minimum Gasteiger partial charge on any atom is -0.479 e. The first-order chi connectivity index (χ1) is 8.47. The second-order valence-corrected chi connectivity index (χ2v) is 3.25. The summed E-state index contributed by atoms with van der Waals surface area (Å²) in [6, 6.07) is 0. The molecule has 0 atom stereocenters. The molecule has 0 aromatic carbocycles. The number of nitrogens with zero attached hydrogens (tertiary/aromatic N) is 2. The van der Waals surface area contributed by atoms with Crippen LogP contribution in [0.1, 0.15) is 0 Å². The number of hydrogen-bond acceptors (Lipinski definition) is 4. The summed E-state index contributed by atoms with van der Waals surface area (Å²) >= 11 is 0. The maximum Gasteiger partial charge on any atom is 0.341 e. The van der Waals surface area contributed by atoms with Gasteiger partial charge in [0.05, 0.1) is 18.9 Å². The van der Waals surface area contributed by atoms with Gasteiger partial charge >= 0.3 is 5.97 Å². The van der Waals surface area contributed by atoms with Crippen molar-refractivity contribution in [2.75, 3.05) is 13.2 Å². The molecular weight excluding hydrogens is 252 g/mol. The molecule has 0 spiro atoms. The van der Waals surface area contributed by atoms with E-state index in [0.29, 0.717) is 0 Å². The molecule has 1 rings (SSSR count). The van der Waals surface area contributed by atoms with E-state index >= 15 is 0 Å². The summed E-state index contributed by atoms with van der Waals surface area (Å²) in [5.74, 6) is -1.58. The molecule has 0 unspecified atom stereocenters. The third kappa shape index (κ3) is 5.23. The van der Waals surface area contributed by atoms with E-state index in [0.717, 1.165) is 4.68 Å². The molecule has 0 bridgehead atoms. The third-order valence-corrected chi connectivity index (χ3v) is 1.73. The summed E-state index contributed by atoms with van der Waals surface area (Å²) in [5, 5.41) is 14.1. The summed E-state index contributed by atoms with van der Waals surface area (Å²) in [6.45, 7) is -1.49. The Morgan fingerprint density at radius 1 is 1.56 bits per heavy atom. The summed E-state index contributed by atoms with van der Waals surface area (Å²) < 4.78 is 29.5. The van der Waals surface area contributed by atoms with E-state index in [-0.39, 0.29) is 12.3 Å². The smallest absolute Gasteiger partial charge is 0.341 e. The molecule has 2 N–H and O–H groups in total. The lowest BCUT2D eigenvalue weighted by Gasteiger charge is -2.03. The molecule has 1 amide bonds. The zero-order chi connectivity index (χ0) is 13.5. The maximum atomic E-state index is 11.8. The molecule has 0 aliphatic heterocycles. The number of halogens is 2. The minimum atomic E-state index is -2.61. The lowest BCUT2D eigenvalue weighted by Crippen LogP contribution is -2.31. The number of rotatable bonds is 7. The van der Waals surface area contributed by atoms with Crippen molar-refractivity contribution in [1.82, 2.24) is 15.1 Å². The first-order valence-electron chi connectivity index (χ1n) is 4.89. The average Bonchev–Trinajstić information content (AvgIpc) is 2.71. The van der Waals surface area contributed by atoms with Gasteiger partial charge in [-0.05, 0) is 0 Å². The molecule has 1 aromatic heterocycles. The highest BCUT2D eigenvalue weighted by Crippen LogP contribution is 2.07. The summed E-state index contributed by atoms with van der Waals surface area (Å²) in [7, 11) is 0. The van der Waals surface area contributed by atoms with Gasteiger partial charge in [0.15, 0.2) is 12.4 Å². The van der Waals surface area contributed by atoms with Crippen LogP contribution in [0.4, 0.5) is 8.78 Å². The molecular formula is C9H11F2N3O4. The fraction of sp³-hybridized carbons (Fsp3) is 0.444. The van der Waals surface area contributed by atoms with E-state index in [1.165, 1.54) is 12.4 Å². The maximum absolute atomic E-state index is 11.8. The molecule has 0 saturated carbocycles. The molecule has 1 aromatic rings. The van der Waals surface area contributed by atoms with Gasteiger partial charge in [-0.15, -0.1) is 0 Å². The van der Waals surface area contributed by atoms with E-state index in [1.807, 2.05) is 5.32 Å². The van der Waals surface area contributed by atoms with Crippen LogP contribution in [0.2, 0.25) is 0 Å². The van der Waals surface area contributed by atoms with Crippen LogP contribution in [-0.2, 0) is 16.1 Å². The summed E-state index contributed by atoms with van der Waals surface area (Å²) in [5.41, 5.74) is 0. The molecule has 9 heteroatoms. The molecule has 0 aliphatic carbocycles. The van der Waals surface area contributed by atoms with Crippen molar-refractivity contribution >= 4 is 11.9 Å². The van der Waals surface area contributed by atoms with Gasteiger partial charge in [0, 0.05) is 0 Å². The van der Waals surface area contributed by atoms with E-state index in [4.69, 9.17) is 9.84 Å². The number of carbonyl (C=O) groups is 2. The Bertz CT molecular complexity index is 422. The first kappa shape index (κ1) is 13.9. The quantitative estimate of drug-likeness (QED) is 0.706. The molecule has 100 valence electrons. The van der Waals surface area contributed by atoms with Crippen LogP contribution in [-0.4, -0.2) is 46.3 Å². The number of carboxylic acid groups (broad SMARTS) is 1. The van der Waals surface area contributed by atoms with Crippen molar-refractivity contribution in [2.24, 2.45) is 0 Å². The number of hydrogen-bond donors (Lipinski definition) is 2. The van der Waals surface area contributed by atoms with Crippen molar-refractivity contribution in [2.45, 2.75) is 13.0 Å². The monoisotopic (exact) mass is 263 g/mol. The Hall–Kier alpha value is -2.19. The number of ether oxygens (including phenoxy) is 1. The van der Waals surface area contributed by atoms with Gasteiger partial charge in [-0.3, -0.25) is 9.48 Å². The average molecular weight is 263 g/mol. The van der Waals surface area contributed by atoms with Crippen LogP contribution in [0.3, 0.4) is 0 Å². The van der Waals surface area contributed by atoms with Crippen LogP contribution >= 0.6 is 0 Å². The van der Waals surface area contributed by atoms with Gasteiger partial charge in [-0.1, -0.05) is 0 Å². The lowest BCUT2D eigenvalue weighted by atomic mass is 10.5. The van der Waals surface area contributed by atoms with Crippen LogP contribution in [0.15, 0.2) is 12.4 Å². The topological polar surface area (TPSA) is 93.4 Å². The van der Waals surface area contributed by atoms with Gasteiger partial charge in [0.1, 0.15) is 6.54 Å². The molecule has 0 aliphatic rings. The second kappa shape index (κ2) is 6.52. The van der Waals surface area contributed by atoms with Crippen LogP contribution in [0, 0.1) is 0 Å². The number of carbonyl (C=O) groups excluding carboxylic acids is 1. The van der Waals surface area contributed by atoms with Gasteiger partial charge < -0.3 is 15.2 Å². The van der Waals surface area contributed by atoms with Crippen molar-refractivity contribution < 1.29 is 28.2 Å². The summed E-state index contributed by atoms with van der Waals surface area (Å²) in [6.07, 6.45) is -0.0881.